The summed E-state index contributed by atoms with van der Waals surface area (Å²) in [5, 5.41) is 16.8. The molecule has 8 aromatic rings. The van der Waals surface area contributed by atoms with Crippen molar-refractivity contribution in [3.8, 4) is 22.8 Å². The van der Waals surface area contributed by atoms with Gasteiger partial charge in [-0.05, 0) is 70.2 Å². The number of anilines is 4. The lowest BCUT2D eigenvalue weighted by Crippen LogP contribution is -2.28. The summed E-state index contributed by atoms with van der Waals surface area (Å²) in [5.41, 5.74) is 3.36. The third kappa shape index (κ3) is 7.75. The first-order chi connectivity index (χ1) is 28.1. The molecule has 2 N–H and O–H groups in total. The minimum atomic E-state index is -0.498. The number of rotatable bonds is 10. The minimum absolute atomic E-state index is 0.00259. The summed E-state index contributed by atoms with van der Waals surface area (Å²) < 4.78 is 22.0. The molecular weight excluding hydrogens is 740 g/mol. The number of carbonyl (C=O) groups is 2. The molecular formula is C44H37FN8O5. The highest BCUT2D eigenvalue weighted by Crippen LogP contribution is 2.32. The molecule has 0 aliphatic carbocycles. The zero-order valence-corrected chi connectivity index (χ0v) is 32.0. The third-order valence-electron chi connectivity index (χ3n) is 9.19. The van der Waals surface area contributed by atoms with Gasteiger partial charge in [0.2, 0.25) is 5.89 Å². The van der Waals surface area contributed by atoms with Crippen molar-refractivity contribution >= 4 is 56.2 Å². The molecule has 4 aromatic carbocycles. The SMILES string of the molecule is CCn1nc(-c2ccccc2)c(C(C)=O)c(Nc2cccc3cnccc23)c1=O.CCn1nc(-c2nc3ccccc3o2)c(C(C)=O)c(Nc2cccc(F)c2)c1=O. The highest BCUT2D eigenvalue weighted by molar-refractivity contribution is 6.07. The molecule has 0 aliphatic heterocycles. The van der Waals surface area contributed by atoms with Crippen LogP contribution in [0.4, 0.5) is 27.1 Å². The van der Waals surface area contributed by atoms with E-state index in [0.29, 0.717) is 29.0 Å². The molecule has 8 rings (SSSR count). The second-order valence-corrected chi connectivity index (χ2v) is 13.1. The predicted octanol–water partition coefficient (Wildman–Crippen LogP) is 8.58. The Kier molecular flexibility index (Phi) is 11.1. The van der Waals surface area contributed by atoms with E-state index in [4.69, 9.17) is 4.42 Å². The minimum Gasteiger partial charge on any atom is -0.435 e. The van der Waals surface area contributed by atoms with Gasteiger partial charge in [-0.2, -0.15) is 10.2 Å². The van der Waals surface area contributed by atoms with Gasteiger partial charge >= 0.3 is 0 Å². The Bertz CT molecular complexity index is 2920. The van der Waals surface area contributed by atoms with Crippen LogP contribution in [0.25, 0.3) is 44.7 Å². The molecule has 0 radical (unpaired) electrons. The van der Waals surface area contributed by atoms with Gasteiger partial charge < -0.3 is 15.1 Å². The normalized spacial score (nSPS) is 10.9. The number of aryl methyl sites for hydroxylation is 2. The average Bonchev–Trinajstić information content (AvgIpc) is 3.67. The van der Waals surface area contributed by atoms with Crippen LogP contribution < -0.4 is 21.8 Å². The molecule has 0 amide bonds. The van der Waals surface area contributed by atoms with Crippen LogP contribution in [0.3, 0.4) is 0 Å². The molecule has 0 saturated heterocycles. The van der Waals surface area contributed by atoms with E-state index in [1.807, 2.05) is 67.6 Å². The van der Waals surface area contributed by atoms with E-state index < -0.39 is 17.2 Å². The third-order valence-corrected chi connectivity index (χ3v) is 9.19. The number of oxazole rings is 1. The Morgan fingerprint density at radius 2 is 1.36 bits per heavy atom. The average molecular weight is 777 g/mol. The molecule has 4 heterocycles. The first-order valence-corrected chi connectivity index (χ1v) is 18.4. The number of para-hydroxylation sites is 2. The molecule has 0 atom stereocenters. The zero-order valence-electron chi connectivity index (χ0n) is 32.0. The first kappa shape index (κ1) is 38.7. The first-order valence-electron chi connectivity index (χ1n) is 18.4. The number of hydrogen-bond donors (Lipinski definition) is 2. The number of ketones is 2. The fourth-order valence-corrected chi connectivity index (χ4v) is 6.49. The summed E-state index contributed by atoms with van der Waals surface area (Å²) in [7, 11) is 0. The maximum Gasteiger partial charge on any atom is 0.291 e. The van der Waals surface area contributed by atoms with Crippen LogP contribution in [-0.2, 0) is 13.1 Å². The number of Topliss-reactive ketones (excluding diaryl/α,β-unsaturated/α-hetero) is 2. The van der Waals surface area contributed by atoms with E-state index in [1.165, 1.54) is 41.4 Å². The summed E-state index contributed by atoms with van der Waals surface area (Å²) in [4.78, 5) is 59.7. The summed E-state index contributed by atoms with van der Waals surface area (Å²) in [6.45, 7) is 7.05. The summed E-state index contributed by atoms with van der Waals surface area (Å²) >= 11 is 0. The zero-order chi connectivity index (χ0) is 40.9. The van der Waals surface area contributed by atoms with Crippen molar-refractivity contribution in [1.29, 1.82) is 0 Å². The Balaban J connectivity index is 0.000000177. The fourth-order valence-electron chi connectivity index (χ4n) is 6.49. The van der Waals surface area contributed by atoms with E-state index in [2.05, 4.69) is 30.8 Å². The van der Waals surface area contributed by atoms with Gasteiger partial charge in [-0.25, -0.2) is 18.7 Å². The Morgan fingerprint density at radius 1 is 0.724 bits per heavy atom. The molecule has 0 unspecified atom stereocenters. The number of nitrogens with zero attached hydrogens (tertiary/aromatic N) is 6. The molecule has 290 valence electrons. The number of hydrogen-bond acceptors (Lipinski definition) is 11. The molecule has 0 spiro atoms. The number of nitrogens with one attached hydrogen (secondary N) is 2. The van der Waals surface area contributed by atoms with Crippen LogP contribution in [0, 0.1) is 5.82 Å². The van der Waals surface area contributed by atoms with Gasteiger partial charge in [0.15, 0.2) is 22.8 Å². The quantitative estimate of drug-likeness (QED) is 0.128. The fraction of sp³-hybridized carbons (Fsp3) is 0.136. The Labute approximate surface area is 330 Å². The van der Waals surface area contributed by atoms with Crippen molar-refractivity contribution in [2.24, 2.45) is 0 Å². The molecule has 4 aromatic heterocycles. The lowest BCUT2D eigenvalue weighted by atomic mass is 10.0. The molecule has 0 saturated carbocycles. The van der Waals surface area contributed by atoms with Crippen molar-refractivity contribution in [3.05, 3.63) is 153 Å². The topological polar surface area (TPSA) is 167 Å². The molecule has 0 aliphatic rings. The highest BCUT2D eigenvalue weighted by atomic mass is 19.1. The van der Waals surface area contributed by atoms with Crippen LogP contribution in [0.2, 0.25) is 0 Å². The molecule has 13 nitrogen and oxygen atoms in total. The lowest BCUT2D eigenvalue weighted by molar-refractivity contribution is 0.100. The van der Waals surface area contributed by atoms with Crippen molar-refractivity contribution in [3.63, 3.8) is 0 Å². The van der Waals surface area contributed by atoms with Crippen LogP contribution >= 0.6 is 0 Å². The van der Waals surface area contributed by atoms with Gasteiger partial charge in [0.1, 0.15) is 28.4 Å². The second-order valence-electron chi connectivity index (χ2n) is 13.1. The smallest absolute Gasteiger partial charge is 0.291 e. The maximum absolute atomic E-state index is 13.6. The van der Waals surface area contributed by atoms with Crippen LogP contribution in [0.15, 0.2) is 130 Å². The molecule has 14 heteroatoms. The van der Waals surface area contributed by atoms with E-state index in [-0.39, 0.29) is 52.0 Å². The number of pyridine rings is 1. The monoisotopic (exact) mass is 776 g/mol. The van der Waals surface area contributed by atoms with Crippen molar-refractivity contribution in [2.45, 2.75) is 40.8 Å². The largest absolute Gasteiger partial charge is 0.435 e. The van der Waals surface area contributed by atoms with Gasteiger partial charge in [0.25, 0.3) is 11.1 Å². The van der Waals surface area contributed by atoms with E-state index in [0.717, 1.165) is 22.0 Å². The predicted molar refractivity (Wildman–Crippen MR) is 221 cm³/mol. The lowest BCUT2D eigenvalue weighted by Gasteiger charge is -2.17. The maximum atomic E-state index is 13.6. The molecule has 58 heavy (non-hydrogen) atoms. The standard InChI is InChI=1S/C23H20N4O2.C21H17FN4O3/c1-3-27-23(29)22(25-19-11-7-10-17-14-24-13-12-18(17)19)20(15(2)28)21(26-27)16-8-5-4-6-9-16;1-3-26-21(28)19(23-14-8-6-7-13(22)11-14)17(12(2)27)18(25-26)20-24-15-9-4-5-10-16(15)29-20/h4-14,25H,3H2,1-2H3;4-11,23H,3H2,1-2H3. The van der Waals surface area contributed by atoms with E-state index in [1.54, 1.807) is 43.6 Å². The molecule has 0 fully saturated rings. The Hall–Kier alpha value is -7.61. The van der Waals surface area contributed by atoms with Crippen molar-refractivity contribution in [2.75, 3.05) is 10.6 Å². The number of aromatic nitrogens is 6. The van der Waals surface area contributed by atoms with Crippen LogP contribution in [-0.4, -0.2) is 41.1 Å². The molecule has 0 bridgehead atoms. The number of carbonyl (C=O) groups excluding carboxylic acids is 2. The van der Waals surface area contributed by atoms with Gasteiger partial charge in [0.05, 0.1) is 11.1 Å². The van der Waals surface area contributed by atoms with Gasteiger partial charge in [-0.1, -0.05) is 60.7 Å². The van der Waals surface area contributed by atoms with E-state index >= 15 is 0 Å². The Morgan fingerprint density at radius 3 is 2.03 bits per heavy atom. The summed E-state index contributed by atoms with van der Waals surface area (Å²) in [5.74, 6) is -0.959. The van der Waals surface area contributed by atoms with Gasteiger partial charge in [-0.15, -0.1) is 0 Å². The van der Waals surface area contributed by atoms with Gasteiger partial charge in [0, 0.05) is 53.2 Å². The number of fused-ring (bicyclic) bond motifs is 2. The van der Waals surface area contributed by atoms with Gasteiger partial charge in [-0.3, -0.25) is 24.2 Å². The highest BCUT2D eigenvalue weighted by Gasteiger charge is 2.26. The number of benzene rings is 4. The van der Waals surface area contributed by atoms with Crippen molar-refractivity contribution in [1.82, 2.24) is 29.5 Å². The summed E-state index contributed by atoms with van der Waals surface area (Å²) in [6.07, 6.45) is 3.46. The van der Waals surface area contributed by atoms with Crippen molar-refractivity contribution < 1.29 is 18.4 Å². The van der Waals surface area contributed by atoms with Crippen LogP contribution in [0.1, 0.15) is 48.4 Å². The van der Waals surface area contributed by atoms with Crippen LogP contribution in [0.5, 0.6) is 0 Å². The second kappa shape index (κ2) is 16.6. The summed E-state index contributed by atoms with van der Waals surface area (Å²) in [6, 6.07) is 29.8. The number of halogens is 1. The van der Waals surface area contributed by atoms with E-state index in [9.17, 15) is 23.6 Å².